The van der Waals surface area contributed by atoms with Gasteiger partial charge in [0.25, 0.3) is 0 Å². The minimum atomic E-state index is 0.0884. The lowest BCUT2D eigenvalue weighted by Crippen LogP contribution is -1.91. The Morgan fingerprint density at radius 2 is 2.19 bits per heavy atom. The molecule has 0 bridgehead atoms. The second-order valence-corrected chi connectivity index (χ2v) is 3.77. The molecule has 0 aliphatic heterocycles. The van der Waals surface area contributed by atoms with Gasteiger partial charge in [-0.25, -0.2) is 0 Å². The molecule has 0 aliphatic carbocycles. The normalized spacial score (nSPS) is 10.7. The Morgan fingerprint density at radius 1 is 1.44 bits per heavy atom. The number of aryl methyl sites for hydroxylation is 1. The first kappa shape index (κ1) is 10.7. The smallest absolute Gasteiger partial charge is 0.161 e. The van der Waals surface area contributed by atoms with Crippen molar-refractivity contribution in [2.75, 3.05) is 7.11 Å². The highest BCUT2D eigenvalue weighted by molar-refractivity contribution is 6.07. The van der Waals surface area contributed by atoms with Crippen LogP contribution in [0.4, 0.5) is 0 Å². The SMILES string of the molecule is CCn1cc(C(C)=O)c2cc(OC)ccc21. The zero-order chi connectivity index (χ0) is 11.7. The van der Waals surface area contributed by atoms with Crippen molar-refractivity contribution in [3.05, 3.63) is 30.0 Å². The third-order valence-electron chi connectivity index (χ3n) is 2.81. The van der Waals surface area contributed by atoms with E-state index >= 15 is 0 Å². The highest BCUT2D eigenvalue weighted by Crippen LogP contribution is 2.26. The molecule has 1 aromatic heterocycles. The van der Waals surface area contributed by atoms with Crippen molar-refractivity contribution in [2.24, 2.45) is 0 Å². The first-order valence-corrected chi connectivity index (χ1v) is 5.35. The van der Waals surface area contributed by atoms with Crippen LogP contribution in [0.15, 0.2) is 24.4 Å². The van der Waals surface area contributed by atoms with E-state index in [4.69, 9.17) is 4.74 Å². The van der Waals surface area contributed by atoms with Crippen LogP contribution in [0, 0.1) is 0 Å². The number of ether oxygens (including phenoxy) is 1. The molecule has 3 heteroatoms. The molecule has 2 aromatic rings. The van der Waals surface area contributed by atoms with Gasteiger partial charge in [-0.15, -0.1) is 0 Å². The van der Waals surface area contributed by atoms with E-state index in [1.807, 2.05) is 24.4 Å². The molecule has 3 nitrogen and oxygen atoms in total. The van der Waals surface area contributed by atoms with Crippen LogP contribution in [0.2, 0.25) is 0 Å². The highest BCUT2D eigenvalue weighted by Gasteiger charge is 2.11. The van der Waals surface area contributed by atoms with E-state index in [1.165, 1.54) is 0 Å². The molecule has 0 unspecified atom stereocenters. The van der Waals surface area contributed by atoms with Gasteiger partial charge in [0, 0.05) is 29.2 Å². The first-order chi connectivity index (χ1) is 7.67. The number of benzene rings is 1. The molecule has 0 atom stereocenters. The Hall–Kier alpha value is -1.77. The summed E-state index contributed by atoms with van der Waals surface area (Å²) in [6.45, 7) is 4.51. The summed E-state index contributed by atoms with van der Waals surface area (Å²) in [5.41, 5.74) is 1.84. The van der Waals surface area contributed by atoms with Gasteiger partial charge in [-0.1, -0.05) is 0 Å². The Labute approximate surface area is 94.6 Å². The Kier molecular flexibility index (Phi) is 2.69. The minimum Gasteiger partial charge on any atom is -0.497 e. The Bertz CT molecular complexity index is 540. The maximum Gasteiger partial charge on any atom is 0.161 e. The second kappa shape index (κ2) is 4.00. The summed E-state index contributed by atoms with van der Waals surface area (Å²) >= 11 is 0. The van der Waals surface area contributed by atoms with Gasteiger partial charge < -0.3 is 9.30 Å². The Balaban J connectivity index is 2.75. The van der Waals surface area contributed by atoms with Crippen LogP contribution in [-0.4, -0.2) is 17.5 Å². The van der Waals surface area contributed by atoms with E-state index in [1.54, 1.807) is 14.0 Å². The van der Waals surface area contributed by atoms with Crippen LogP contribution in [0.3, 0.4) is 0 Å². The highest BCUT2D eigenvalue weighted by atomic mass is 16.5. The van der Waals surface area contributed by atoms with Gasteiger partial charge in [0.2, 0.25) is 0 Å². The van der Waals surface area contributed by atoms with Gasteiger partial charge in [0.1, 0.15) is 5.75 Å². The molecule has 0 saturated carbocycles. The molecule has 1 heterocycles. The van der Waals surface area contributed by atoms with Crippen molar-refractivity contribution < 1.29 is 9.53 Å². The average Bonchev–Trinajstić information content (AvgIpc) is 2.66. The van der Waals surface area contributed by atoms with Crippen LogP contribution in [0.1, 0.15) is 24.2 Å². The molecular weight excluding hydrogens is 202 g/mol. The molecule has 0 saturated heterocycles. The minimum absolute atomic E-state index is 0.0884. The number of hydrogen-bond donors (Lipinski definition) is 0. The summed E-state index contributed by atoms with van der Waals surface area (Å²) in [7, 11) is 1.63. The maximum atomic E-state index is 11.5. The molecule has 0 spiro atoms. The zero-order valence-corrected chi connectivity index (χ0v) is 9.78. The summed E-state index contributed by atoms with van der Waals surface area (Å²) in [4.78, 5) is 11.5. The second-order valence-electron chi connectivity index (χ2n) is 3.77. The third-order valence-corrected chi connectivity index (χ3v) is 2.81. The summed E-state index contributed by atoms with van der Waals surface area (Å²) < 4.78 is 7.25. The van der Waals surface area contributed by atoms with Gasteiger partial charge in [-0.3, -0.25) is 4.79 Å². The lowest BCUT2D eigenvalue weighted by Gasteiger charge is -2.02. The number of hydrogen-bond acceptors (Lipinski definition) is 2. The molecular formula is C13H15NO2. The number of carbonyl (C=O) groups excluding carboxylic acids is 1. The van der Waals surface area contributed by atoms with Crippen LogP contribution in [-0.2, 0) is 6.54 Å². The first-order valence-electron chi connectivity index (χ1n) is 5.35. The van der Waals surface area contributed by atoms with Gasteiger partial charge in [-0.2, -0.15) is 0 Å². The average molecular weight is 217 g/mol. The molecule has 0 radical (unpaired) electrons. The summed E-state index contributed by atoms with van der Waals surface area (Å²) in [5, 5.41) is 0.966. The molecule has 0 N–H and O–H groups in total. The summed E-state index contributed by atoms with van der Waals surface area (Å²) in [6, 6.07) is 5.82. The maximum absolute atomic E-state index is 11.5. The standard InChI is InChI=1S/C13H15NO2/c1-4-14-8-12(9(2)15)11-7-10(16-3)5-6-13(11)14/h5-8H,4H2,1-3H3. The van der Waals surface area contributed by atoms with Gasteiger partial charge in [-0.05, 0) is 32.0 Å². The predicted octanol–water partition coefficient (Wildman–Crippen LogP) is 2.87. The van der Waals surface area contributed by atoms with E-state index < -0.39 is 0 Å². The van der Waals surface area contributed by atoms with E-state index in [-0.39, 0.29) is 5.78 Å². The van der Waals surface area contributed by atoms with E-state index in [0.717, 1.165) is 28.8 Å². The summed E-state index contributed by atoms with van der Waals surface area (Å²) in [5.74, 6) is 0.870. The lowest BCUT2D eigenvalue weighted by molar-refractivity contribution is 0.101. The van der Waals surface area contributed by atoms with Crippen molar-refractivity contribution in [1.29, 1.82) is 0 Å². The van der Waals surface area contributed by atoms with E-state index in [0.29, 0.717) is 0 Å². The van der Waals surface area contributed by atoms with Crippen molar-refractivity contribution in [2.45, 2.75) is 20.4 Å². The largest absolute Gasteiger partial charge is 0.497 e. The van der Waals surface area contributed by atoms with Crippen molar-refractivity contribution >= 4 is 16.7 Å². The number of Topliss-reactive ketones (excluding diaryl/α,β-unsaturated/α-hetero) is 1. The molecule has 0 amide bonds. The predicted molar refractivity (Wildman–Crippen MR) is 64.2 cm³/mol. The number of ketones is 1. The van der Waals surface area contributed by atoms with Crippen LogP contribution in [0.5, 0.6) is 5.75 Å². The van der Waals surface area contributed by atoms with Gasteiger partial charge in [0.05, 0.1) is 7.11 Å². The molecule has 0 aliphatic rings. The van der Waals surface area contributed by atoms with Crippen molar-refractivity contribution in [3.8, 4) is 5.75 Å². The lowest BCUT2D eigenvalue weighted by atomic mass is 10.1. The number of rotatable bonds is 3. The fraction of sp³-hybridized carbons (Fsp3) is 0.308. The van der Waals surface area contributed by atoms with Crippen molar-refractivity contribution in [3.63, 3.8) is 0 Å². The number of aromatic nitrogens is 1. The monoisotopic (exact) mass is 217 g/mol. The number of carbonyl (C=O) groups is 1. The molecule has 16 heavy (non-hydrogen) atoms. The van der Waals surface area contributed by atoms with Crippen LogP contribution < -0.4 is 4.74 Å². The van der Waals surface area contributed by atoms with Crippen molar-refractivity contribution in [1.82, 2.24) is 4.57 Å². The fourth-order valence-corrected chi connectivity index (χ4v) is 1.95. The quantitative estimate of drug-likeness (QED) is 0.740. The summed E-state index contributed by atoms with van der Waals surface area (Å²) in [6.07, 6.45) is 1.91. The zero-order valence-electron chi connectivity index (χ0n) is 9.78. The third kappa shape index (κ3) is 1.58. The molecule has 1 aromatic carbocycles. The van der Waals surface area contributed by atoms with Gasteiger partial charge >= 0.3 is 0 Å². The Morgan fingerprint density at radius 3 is 2.75 bits per heavy atom. The van der Waals surface area contributed by atoms with E-state index in [9.17, 15) is 4.79 Å². The van der Waals surface area contributed by atoms with Crippen LogP contribution >= 0.6 is 0 Å². The topological polar surface area (TPSA) is 31.2 Å². The molecule has 2 rings (SSSR count). The molecule has 84 valence electrons. The van der Waals surface area contributed by atoms with Gasteiger partial charge in [0.15, 0.2) is 5.78 Å². The molecule has 0 fully saturated rings. The van der Waals surface area contributed by atoms with Crippen LogP contribution in [0.25, 0.3) is 10.9 Å². The van der Waals surface area contributed by atoms with E-state index in [2.05, 4.69) is 11.5 Å². The fourth-order valence-electron chi connectivity index (χ4n) is 1.95. The number of fused-ring (bicyclic) bond motifs is 1. The number of methoxy groups -OCH3 is 1. The number of nitrogens with zero attached hydrogens (tertiary/aromatic N) is 1.